The molecule has 94 valence electrons. The molecule has 0 bridgehead atoms. The quantitative estimate of drug-likeness (QED) is 0.677. The minimum Gasteiger partial charge on any atom is -0.491 e. The largest absolute Gasteiger partial charge is 0.491 e. The van der Waals surface area contributed by atoms with Crippen LogP contribution in [0.5, 0.6) is 5.88 Å². The molecule has 0 amide bonds. The second kappa shape index (κ2) is 3.60. The highest BCUT2D eigenvalue weighted by atomic mass is 19.4. The van der Waals surface area contributed by atoms with Crippen molar-refractivity contribution in [3.05, 3.63) is 16.2 Å². The average molecular weight is 253 g/mol. The second-order valence-corrected chi connectivity index (χ2v) is 3.52. The summed E-state index contributed by atoms with van der Waals surface area (Å²) in [6.45, 7) is -0.0678. The minimum atomic E-state index is -4.67. The zero-order valence-electron chi connectivity index (χ0n) is 8.25. The summed E-state index contributed by atoms with van der Waals surface area (Å²) < 4.78 is 51.1. The average Bonchev–Trinajstić information content (AvgIpc) is 2.24. The maximum Gasteiger partial charge on any atom is 0.409 e. The molecule has 1 aliphatic heterocycles. The standard InChI is InChI=1S/C8H7F4N3O2/c9-4-5(16)14-7-13-2-1-3(8(10,11)12)15(7)6(4)17/h3,16H,1-2H2,(H,13,14)/t3-/m1/s1. The summed E-state index contributed by atoms with van der Waals surface area (Å²) in [5.41, 5.74) is -1.54. The molecule has 0 saturated heterocycles. The van der Waals surface area contributed by atoms with E-state index in [9.17, 15) is 22.4 Å². The molecular formula is C8H7F4N3O2. The van der Waals surface area contributed by atoms with Gasteiger partial charge >= 0.3 is 6.18 Å². The number of alkyl halides is 3. The van der Waals surface area contributed by atoms with Crippen LogP contribution in [0.1, 0.15) is 12.5 Å². The molecule has 0 aliphatic carbocycles. The summed E-state index contributed by atoms with van der Waals surface area (Å²) in [5.74, 6) is -3.38. The molecule has 1 aromatic heterocycles. The van der Waals surface area contributed by atoms with Gasteiger partial charge in [-0.05, 0) is 6.42 Å². The molecule has 2 N–H and O–H groups in total. The molecule has 1 aliphatic rings. The number of rotatable bonds is 0. The van der Waals surface area contributed by atoms with Crippen molar-refractivity contribution in [2.24, 2.45) is 0 Å². The minimum absolute atomic E-state index is 0.0678. The summed E-state index contributed by atoms with van der Waals surface area (Å²) in [6.07, 6.45) is -5.08. The van der Waals surface area contributed by atoms with Gasteiger partial charge in [0.1, 0.15) is 6.04 Å². The third-order valence-corrected chi connectivity index (χ3v) is 2.43. The van der Waals surface area contributed by atoms with E-state index in [1.165, 1.54) is 0 Å². The van der Waals surface area contributed by atoms with Crippen LogP contribution < -0.4 is 10.9 Å². The fourth-order valence-corrected chi connectivity index (χ4v) is 1.67. The van der Waals surface area contributed by atoms with Crippen molar-refractivity contribution in [3.8, 4) is 5.88 Å². The highest BCUT2D eigenvalue weighted by molar-refractivity contribution is 5.33. The van der Waals surface area contributed by atoms with Crippen molar-refractivity contribution in [3.63, 3.8) is 0 Å². The Morgan fingerprint density at radius 3 is 2.71 bits per heavy atom. The van der Waals surface area contributed by atoms with E-state index in [1.807, 2.05) is 0 Å². The molecule has 0 fully saturated rings. The molecule has 1 atom stereocenters. The van der Waals surface area contributed by atoms with Gasteiger partial charge < -0.3 is 10.4 Å². The summed E-state index contributed by atoms with van der Waals surface area (Å²) in [6, 6.07) is -2.13. The number of hydrogen-bond donors (Lipinski definition) is 2. The van der Waals surface area contributed by atoms with E-state index in [4.69, 9.17) is 5.11 Å². The zero-order valence-corrected chi connectivity index (χ0v) is 8.25. The Bertz CT molecular complexity index is 511. The third-order valence-electron chi connectivity index (χ3n) is 2.43. The van der Waals surface area contributed by atoms with Gasteiger partial charge in [-0.3, -0.25) is 9.36 Å². The van der Waals surface area contributed by atoms with Gasteiger partial charge in [-0.15, -0.1) is 0 Å². The van der Waals surface area contributed by atoms with Gasteiger partial charge in [0.05, 0.1) is 0 Å². The molecule has 0 aromatic carbocycles. The zero-order chi connectivity index (χ0) is 12.8. The fraction of sp³-hybridized carbons (Fsp3) is 0.500. The van der Waals surface area contributed by atoms with E-state index in [2.05, 4.69) is 10.3 Å². The Labute approximate surface area is 91.7 Å². The Kier molecular flexibility index (Phi) is 2.48. The molecule has 17 heavy (non-hydrogen) atoms. The highest BCUT2D eigenvalue weighted by Gasteiger charge is 2.44. The predicted octanol–water partition coefficient (Wildman–Crippen LogP) is 1.01. The van der Waals surface area contributed by atoms with Gasteiger partial charge in [0, 0.05) is 6.54 Å². The summed E-state index contributed by atoms with van der Waals surface area (Å²) in [7, 11) is 0. The van der Waals surface area contributed by atoms with Crippen LogP contribution in [0.2, 0.25) is 0 Å². The Hall–Kier alpha value is -1.80. The number of aromatic hydroxyl groups is 1. The number of nitrogens with one attached hydrogen (secondary N) is 1. The maximum atomic E-state index is 13.0. The van der Waals surface area contributed by atoms with Crippen LogP contribution in [0.25, 0.3) is 0 Å². The smallest absolute Gasteiger partial charge is 0.409 e. The number of hydrogen-bond acceptors (Lipinski definition) is 4. The number of nitrogens with zero attached hydrogens (tertiary/aromatic N) is 2. The number of anilines is 1. The molecule has 0 unspecified atom stereocenters. The van der Waals surface area contributed by atoms with Crippen molar-refractivity contribution in [1.82, 2.24) is 9.55 Å². The van der Waals surface area contributed by atoms with Crippen LogP contribution in [0.3, 0.4) is 0 Å². The monoisotopic (exact) mass is 253 g/mol. The van der Waals surface area contributed by atoms with Gasteiger partial charge in [-0.25, -0.2) is 0 Å². The van der Waals surface area contributed by atoms with Gasteiger partial charge in [0.15, 0.2) is 0 Å². The SMILES string of the molecule is O=c1c(F)c(O)nc2n1[C@@H](C(F)(F)F)CCN2. The van der Waals surface area contributed by atoms with E-state index in [1.54, 1.807) is 0 Å². The van der Waals surface area contributed by atoms with Crippen LogP contribution in [-0.4, -0.2) is 27.4 Å². The summed E-state index contributed by atoms with van der Waals surface area (Å²) in [4.78, 5) is 14.5. The van der Waals surface area contributed by atoms with Crippen LogP contribution in [0.4, 0.5) is 23.5 Å². The Balaban J connectivity index is 2.66. The second-order valence-electron chi connectivity index (χ2n) is 3.52. The first-order chi connectivity index (χ1) is 7.82. The number of fused-ring (bicyclic) bond motifs is 1. The van der Waals surface area contributed by atoms with E-state index < -0.39 is 41.8 Å². The highest BCUT2D eigenvalue weighted by Crippen LogP contribution is 2.36. The molecule has 9 heteroatoms. The third kappa shape index (κ3) is 1.81. The fourth-order valence-electron chi connectivity index (χ4n) is 1.67. The summed E-state index contributed by atoms with van der Waals surface area (Å²) in [5, 5.41) is 11.3. The number of halogens is 4. The molecule has 1 aromatic rings. The van der Waals surface area contributed by atoms with Gasteiger partial charge in [0.2, 0.25) is 11.8 Å². The van der Waals surface area contributed by atoms with Crippen molar-refractivity contribution in [2.75, 3.05) is 11.9 Å². The lowest BCUT2D eigenvalue weighted by Gasteiger charge is -2.29. The lowest BCUT2D eigenvalue weighted by molar-refractivity contribution is -0.170. The maximum absolute atomic E-state index is 13.0. The first-order valence-corrected chi connectivity index (χ1v) is 4.64. The van der Waals surface area contributed by atoms with Crippen molar-refractivity contribution in [1.29, 1.82) is 0 Å². The molecule has 5 nitrogen and oxygen atoms in total. The Morgan fingerprint density at radius 2 is 2.12 bits per heavy atom. The van der Waals surface area contributed by atoms with Gasteiger partial charge in [-0.2, -0.15) is 22.5 Å². The molecule has 0 radical (unpaired) electrons. The van der Waals surface area contributed by atoms with Gasteiger partial charge in [-0.1, -0.05) is 0 Å². The van der Waals surface area contributed by atoms with E-state index >= 15 is 0 Å². The van der Waals surface area contributed by atoms with E-state index in [-0.39, 0.29) is 11.1 Å². The van der Waals surface area contributed by atoms with Crippen LogP contribution >= 0.6 is 0 Å². The van der Waals surface area contributed by atoms with Crippen LogP contribution in [-0.2, 0) is 0 Å². The number of aromatic nitrogens is 2. The predicted molar refractivity (Wildman–Crippen MR) is 48.3 cm³/mol. The first kappa shape index (κ1) is 11.7. The first-order valence-electron chi connectivity index (χ1n) is 4.64. The molecule has 0 saturated carbocycles. The van der Waals surface area contributed by atoms with E-state index in [0.29, 0.717) is 0 Å². The molecular weight excluding hydrogens is 246 g/mol. The lowest BCUT2D eigenvalue weighted by Crippen LogP contribution is -2.41. The van der Waals surface area contributed by atoms with Gasteiger partial charge in [0.25, 0.3) is 11.4 Å². The topological polar surface area (TPSA) is 67.1 Å². The van der Waals surface area contributed by atoms with E-state index in [0.717, 1.165) is 0 Å². The molecule has 0 spiro atoms. The van der Waals surface area contributed by atoms with Crippen LogP contribution in [0.15, 0.2) is 4.79 Å². The van der Waals surface area contributed by atoms with Crippen LogP contribution in [0, 0.1) is 5.82 Å². The van der Waals surface area contributed by atoms with Crippen molar-refractivity contribution < 1.29 is 22.7 Å². The molecule has 2 heterocycles. The molecule has 2 rings (SSSR count). The normalized spacial score (nSPS) is 19.6. The Morgan fingerprint density at radius 1 is 1.47 bits per heavy atom. The summed E-state index contributed by atoms with van der Waals surface area (Å²) >= 11 is 0. The lowest BCUT2D eigenvalue weighted by atomic mass is 10.1. The van der Waals surface area contributed by atoms with Crippen molar-refractivity contribution >= 4 is 5.95 Å². The van der Waals surface area contributed by atoms with Crippen molar-refractivity contribution in [2.45, 2.75) is 18.6 Å².